The molecule has 0 saturated carbocycles. The van der Waals surface area contributed by atoms with Gasteiger partial charge >= 0.3 is 0 Å². The van der Waals surface area contributed by atoms with E-state index < -0.39 is 0 Å². The van der Waals surface area contributed by atoms with Crippen LogP contribution in [0.1, 0.15) is 0 Å². The quantitative estimate of drug-likeness (QED) is 0.467. The van der Waals surface area contributed by atoms with Crippen LogP contribution < -0.4 is 9.40 Å². The Balaban J connectivity index is 2.14. The lowest BCUT2D eigenvalue weighted by Gasteiger charge is -2.00. The average molecular weight is 199 g/mol. The summed E-state index contributed by atoms with van der Waals surface area (Å²) in [5.74, 6) is 0. The Morgan fingerprint density at radius 1 is 1.43 bits per heavy atom. The van der Waals surface area contributed by atoms with Crippen molar-refractivity contribution in [1.82, 2.24) is 4.73 Å². The van der Waals surface area contributed by atoms with Crippen LogP contribution in [0.15, 0.2) is 25.3 Å². The second kappa shape index (κ2) is 6.17. The summed E-state index contributed by atoms with van der Waals surface area (Å²) in [5, 5.41) is 8.43. The summed E-state index contributed by atoms with van der Waals surface area (Å²) in [6.07, 6.45) is 7.01. The van der Waals surface area contributed by atoms with E-state index in [-0.39, 0.29) is 6.61 Å². The predicted molar refractivity (Wildman–Crippen MR) is 50.4 cm³/mol. The van der Waals surface area contributed by atoms with Gasteiger partial charge in [-0.05, 0) is 0 Å². The third-order valence-electron chi connectivity index (χ3n) is 1.55. The lowest BCUT2D eigenvalue weighted by molar-refractivity contribution is -0.568. The molecule has 0 aliphatic rings. The van der Waals surface area contributed by atoms with E-state index in [1.165, 1.54) is 0 Å². The van der Waals surface area contributed by atoms with Crippen molar-refractivity contribution in [3.63, 3.8) is 0 Å². The fourth-order valence-corrected chi connectivity index (χ4v) is 0.904. The summed E-state index contributed by atoms with van der Waals surface area (Å²) in [6, 6.07) is 0. The van der Waals surface area contributed by atoms with E-state index in [0.717, 1.165) is 0 Å². The van der Waals surface area contributed by atoms with E-state index in [4.69, 9.17) is 14.7 Å². The molecule has 0 saturated heterocycles. The van der Waals surface area contributed by atoms with Crippen LogP contribution in [0.3, 0.4) is 0 Å². The van der Waals surface area contributed by atoms with Crippen LogP contribution in [-0.4, -0.2) is 36.3 Å². The van der Waals surface area contributed by atoms with Crippen LogP contribution in [0.2, 0.25) is 0 Å². The molecule has 0 fully saturated rings. The van der Waals surface area contributed by atoms with Crippen LogP contribution in [0.5, 0.6) is 0 Å². The fraction of sp³-hybridized carbons (Fsp3) is 0.444. The number of aliphatic hydroxyl groups is 1. The topological polar surface area (TPSA) is 47.5 Å². The predicted octanol–water partition coefficient (Wildman–Crippen LogP) is -0.686. The van der Waals surface area contributed by atoms with Gasteiger partial charge < -0.3 is 14.7 Å². The van der Waals surface area contributed by atoms with Gasteiger partial charge in [0.05, 0.1) is 26.0 Å². The standard InChI is InChI=1S/C9H15N2O3/c1-2-10-3-4-11(9-10)14-8-7-13-6-5-12/h2-4,9,12H,1,5-8H2/q+1. The lowest BCUT2D eigenvalue weighted by Crippen LogP contribution is -2.23. The van der Waals surface area contributed by atoms with Gasteiger partial charge in [0.2, 0.25) is 0 Å². The Hall–Kier alpha value is -1.33. The minimum atomic E-state index is 0.0417. The number of aromatic nitrogens is 2. The Morgan fingerprint density at radius 3 is 2.93 bits per heavy atom. The molecular formula is C9H15N2O3+. The summed E-state index contributed by atoms with van der Waals surface area (Å²) in [4.78, 5) is 5.28. The zero-order chi connectivity index (χ0) is 10.2. The minimum Gasteiger partial charge on any atom is -0.394 e. The molecule has 0 unspecified atom stereocenters. The molecule has 1 aromatic heterocycles. The maximum absolute atomic E-state index is 8.43. The highest BCUT2D eigenvalue weighted by atomic mass is 16.7. The molecule has 78 valence electrons. The molecule has 0 radical (unpaired) electrons. The van der Waals surface area contributed by atoms with Gasteiger partial charge in [-0.15, -0.1) is 0 Å². The number of imidazole rings is 1. The zero-order valence-corrected chi connectivity index (χ0v) is 8.00. The summed E-state index contributed by atoms with van der Waals surface area (Å²) >= 11 is 0. The maximum Gasteiger partial charge on any atom is 0.288 e. The number of rotatable bonds is 7. The molecule has 1 N–H and O–H groups in total. The Morgan fingerprint density at radius 2 is 2.29 bits per heavy atom. The largest absolute Gasteiger partial charge is 0.394 e. The van der Waals surface area contributed by atoms with Crippen LogP contribution in [0.25, 0.3) is 6.20 Å². The molecule has 0 amide bonds. The molecule has 0 aliphatic heterocycles. The molecule has 0 atom stereocenters. The van der Waals surface area contributed by atoms with E-state index in [0.29, 0.717) is 19.8 Å². The second-order valence-electron chi connectivity index (χ2n) is 2.57. The van der Waals surface area contributed by atoms with Gasteiger partial charge in [-0.2, -0.15) is 0 Å². The first kappa shape index (κ1) is 10.7. The highest BCUT2D eigenvalue weighted by Gasteiger charge is 2.00. The van der Waals surface area contributed by atoms with E-state index >= 15 is 0 Å². The molecule has 1 rings (SSSR count). The molecule has 1 aromatic rings. The smallest absolute Gasteiger partial charge is 0.288 e. The molecule has 0 aliphatic carbocycles. The Labute approximate surface area is 82.8 Å². The number of hydrogen-bond donors (Lipinski definition) is 1. The summed E-state index contributed by atoms with van der Waals surface area (Å²) in [5.41, 5.74) is 0. The van der Waals surface area contributed by atoms with Crippen molar-refractivity contribution in [2.24, 2.45) is 0 Å². The van der Waals surface area contributed by atoms with Crippen molar-refractivity contribution in [2.45, 2.75) is 0 Å². The maximum atomic E-state index is 8.43. The molecule has 14 heavy (non-hydrogen) atoms. The third-order valence-corrected chi connectivity index (χ3v) is 1.55. The molecule has 1 heterocycles. The van der Waals surface area contributed by atoms with E-state index in [1.807, 2.05) is 6.20 Å². The summed E-state index contributed by atoms with van der Waals surface area (Å²) in [7, 11) is 0. The highest BCUT2D eigenvalue weighted by molar-refractivity contribution is 4.94. The minimum absolute atomic E-state index is 0.0417. The van der Waals surface area contributed by atoms with E-state index in [9.17, 15) is 0 Å². The first-order valence-corrected chi connectivity index (χ1v) is 4.40. The summed E-state index contributed by atoms with van der Waals surface area (Å²) < 4.78 is 8.37. The monoisotopic (exact) mass is 199 g/mol. The van der Waals surface area contributed by atoms with Crippen molar-refractivity contribution in [3.8, 4) is 0 Å². The van der Waals surface area contributed by atoms with Crippen molar-refractivity contribution in [2.75, 3.05) is 26.4 Å². The second-order valence-corrected chi connectivity index (χ2v) is 2.57. The average Bonchev–Trinajstić information content (AvgIpc) is 2.65. The Bertz CT molecular complexity index is 273. The summed E-state index contributed by atoms with van der Waals surface area (Å²) in [6.45, 7) is 4.91. The molecule has 0 spiro atoms. The molecule has 0 aromatic carbocycles. The van der Waals surface area contributed by atoms with Crippen LogP contribution in [0.4, 0.5) is 0 Å². The number of ether oxygens (including phenoxy) is 1. The molecule has 5 nitrogen and oxygen atoms in total. The van der Waals surface area contributed by atoms with Crippen LogP contribution >= 0.6 is 0 Å². The van der Waals surface area contributed by atoms with Crippen molar-refractivity contribution in [3.05, 3.63) is 25.3 Å². The van der Waals surface area contributed by atoms with Gasteiger partial charge in [0, 0.05) is 0 Å². The van der Waals surface area contributed by atoms with Gasteiger partial charge in [-0.1, -0.05) is 11.3 Å². The lowest BCUT2D eigenvalue weighted by atomic mass is 10.7. The van der Waals surface area contributed by atoms with E-state index in [2.05, 4.69) is 6.58 Å². The Kier molecular flexibility index (Phi) is 4.74. The highest BCUT2D eigenvalue weighted by Crippen LogP contribution is 1.80. The van der Waals surface area contributed by atoms with Crippen molar-refractivity contribution in [1.29, 1.82) is 0 Å². The third kappa shape index (κ3) is 3.59. The molecular weight excluding hydrogens is 184 g/mol. The number of nitrogens with zero attached hydrogens (tertiary/aromatic N) is 2. The number of aliphatic hydroxyl groups excluding tert-OH is 1. The normalized spacial score (nSPS) is 10.1. The van der Waals surface area contributed by atoms with Gasteiger partial charge in [-0.25, -0.2) is 4.57 Å². The zero-order valence-electron chi connectivity index (χ0n) is 8.00. The SMILES string of the molecule is C=C[n+]1ccn(OCCOCCO)c1. The van der Waals surface area contributed by atoms with Crippen molar-refractivity contribution < 1.29 is 19.2 Å². The van der Waals surface area contributed by atoms with E-state index in [1.54, 1.807) is 28.0 Å². The van der Waals surface area contributed by atoms with Gasteiger partial charge in [0.25, 0.3) is 6.33 Å². The fourth-order valence-electron chi connectivity index (χ4n) is 0.904. The van der Waals surface area contributed by atoms with Crippen molar-refractivity contribution >= 4 is 6.20 Å². The molecule has 0 bridgehead atoms. The van der Waals surface area contributed by atoms with Gasteiger partial charge in [-0.3, -0.25) is 0 Å². The van der Waals surface area contributed by atoms with Crippen LogP contribution in [0, 0.1) is 0 Å². The number of hydrogen-bond acceptors (Lipinski definition) is 3. The van der Waals surface area contributed by atoms with Crippen LogP contribution in [-0.2, 0) is 4.74 Å². The van der Waals surface area contributed by atoms with Gasteiger partial charge in [0.1, 0.15) is 6.20 Å². The first-order valence-electron chi connectivity index (χ1n) is 4.40. The van der Waals surface area contributed by atoms with Gasteiger partial charge in [0.15, 0.2) is 12.8 Å². The first-order chi connectivity index (χ1) is 6.86. The molecule has 5 heteroatoms.